The number of H-pyrrole nitrogens is 1. The molecule has 2 heterocycles. The minimum Gasteiger partial charge on any atom is -0.468 e. The summed E-state index contributed by atoms with van der Waals surface area (Å²) in [5.41, 5.74) is 3.44. The standard InChI is InChI=1S/C19H21N3O2/c1-13-14(2)20-18(21-19(13)23)16-8-6-15(7-9-16)11-22(3)12-17-5-4-10-24-17/h4-10H,11-12H2,1-3H3,(H,20,21,23). The van der Waals surface area contributed by atoms with E-state index in [4.69, 9.17) is 4.42 Å². The molecule has 3 rings (SSSR count). The van der Waals surface area contributed by atoms with Gasteiger partial charge in [0.2, 0.25) is 0 Å². The van der Waals surface area contributed by atoms with Crippen molar-refractivity contribution in [3.8, 4) is 11.4 Å². The number of nitrogens with one attached hydrogen (secondary N) is 1. The number of hydrogen-bond donors (Lipinski definition) is 1. The second-order valence-electron chi connectivity index (χ2n) is 6.07. The molecule has 1 N–H and O–H groups in total. The third kappa shape index (κ3) is 3.63. The average molecular weight is 323 g/mol. The van der Waals surface area contributed by atoms with E-state index in [-0.39, 0.29) is 5.56 Å². The monoisotopic (exact) mass is 323 g/mol. The molecule has 0 saturated carbocycles. The van der Waals surface area contributed by atoms with E-state index in [1.54, 1.807) is 13.2 Å². The Morgan fingerprint density at radius 2 is 1.88 bits per heavy atom. The van der Waals surface area contributed by atoms with Gasteiger partial charge in [-0.15, -0.1) is 0 Å². The fourth-order valence-electron chi connectivity index (χ4n) is 2.59. The molecule has 0 atom stereocenters. The zero-order valence-corrected chi connectivity index (χ0v) is 14.2. The Balaban J connectivity index is 1.72. The van der Waals surface area contributed by atoms with Gasteiger partial charge in [-0.1, -0.05) is 24.3 Å². The fourth-order valence-corrected chi connectivity index (χ4v) is 2.59. The van der Waals surface area contributed by atoms with Gasteiger partial charge in [0.1, 0.15) is 11.6 Å². The number of rotatable bonds is 5. The first-order chi connectivity index (χ1) is 11.5. The molecule has 2 aromatic heterocycles. The predicted octanol–water partition coefficient (Wildman–Crippen LogP) is 3.28. The molecule has 0 saturated heterocycles. The van der Waals surface area contributed by atoms with Crippen LogP contribution < -0.4 is 5.56 Å². The van der Waals surface area contributed by atoms with Crippen LogP contribution in [0.15, 0.2) is 51.9 Å². The van der Waals surface area contributed by atoms with Crippen LogP contribution >= 0.6 is 0 Å². The summed E-state index contributed by atoms with van der Waals surface area (Å²) < 4.78 is 5.37. The lowest BCUT2D eigenvalue weighted by Gasteiger charge is -2.15. The molecule has 124 valence electrons. The maximum absolute atomic E-state index is 11.9. The van der Waals surface area contributed by atoms with Crippen LogP contribution in [0.25, 0.3) is 11.4 Å². The molecule has 0 aliphatic carbocycles. The average Bonchev–Trinajstić information content (AvgIpc) is 3.05. The van der Waals surface area contributed by atoms with E-state index in [1.807, 2.05) is 31.2 Å². The smallest absolute Gasteiger partial charge is 0.254 e. The SMILES string of the molecule is Cc1nc(-c2ccc(CN(C)Cc3ccco3)cc2)[nH]c(=O)c1C. The van der Waals surface area contributed by atoms with Crippen molar-refractivity contribution in [1.29, 1.82) is 0 Å². The summed E-state index contributed by atoms with van der Waals surface area (Å²) in [6.45, 7) is 5.22. The van der Waals surface area contributed by atoms with Crippen LogP contribution in [0.1, 0.15) is 22.6 Å². The molecule has 1 aromatic carbocycles. The van der Waals surface area contributed by atoms with Crippen molar-refractivity contribution >= 4 is 0 Å². The highest BCUT2D eigenvalue weighted by molar-refractivity contribution is 5.55. The van der Waals surface area contributed by atoms with Crippen molar-refractivity contribution in [3.63, 3.8) is 0 Å². The largest absolute Gasteiger partial charge is 0.468 e. The Labute approximate surface area is 141 Å². The van der Waals surface area contributed by atoms with Crippen LogP contribution in [0.3, 0.4) is 0 Å². The van der Waals surface area contributed by atoms with Crippen LogP contribution in [0.2, 0.25) is 0 Å². The number of aryl methyl sites for hydroxylation is 1. The maximum Gasteiger partial charge on any atom is 0.254 e. The molecule has 5 nitrogen and oxygen atoms in total. The number of aromatic nitrogens is 2. The van der Waals surface area contributed by atoms with E-state index in [0.717, 1.165) is 30.1 Å². The van der Waals surface area contributed by atoms with Crippen LogP contribution in [0.5, 0.6) is 0 Å². The van der Waals surface area contributed by atoms with E-state index < -0.39 is 0 Å². The van der Waals surface area contributed by atoms with Gasteiger partial charge in [-0.25, -0.2) is 4.98 Å². The molecule has 0 unspecified atom stereocenters. The topological polar surface area (TPSA) is 62.1 Å². The number of hydrogen-bond acceptors (Lipinski definition) is 4. The van der Waals surface area contributed by atoms with Gasteiger partial charge in [0.05, 0.1) is 12.8 Å². The molecule has 24 heavy (non-hydrogen) atoms. The lowest BCUT2D eigenvalue weighted by atomic mass is 10.1. The third-order valence-electron chi connectivity index (χ3n) is 4.08. The van der Waals surface area contributed by atoms with Crippen LogP contribution in [-0.4, -0.2) is 21.9 Å². The first kappa shape index (κ1) is 16.2. The molecular weight excluding hydrogens is 302 g/mol. The summed E-state index contributed by atoms with van der Waals surface area (Å²) in [7, 11) is 2.05. The van der Waals surface area contributed by atoms with E-state index in [1.165, 1.54) is 5.56 Å². The van der Waals surface area contributed by atoms with Gasteiger partial charge in [0, 0.05) is 23.4 Å². The van der Waals surface area contributed by atoms with Gasteiger partial charge >= 0.3 is 0 Å². The van der Waals surface area contributed by atoms with Crippen molar-refractivity contribution < 1.29 is 4.42 Å². The highest BCUT2D eigenvalue weighted by Gasteiger charge is 2.07. The summed E-state index contributed by atoms with van der Waals surface area (Å²) in [6, 6.07) is 12.0. The van der Waals surface area contributed by atoms with Crippen LogP contribution in [0, 0.1) is 13.8 Å². The normalized spacial score (nSPS) is 11.2. The predicted molar refractivity (Wildman–Crippen MR) is 93.6 cm³/mol. The molecule has 0 amide bonds. The van der Waals surface area contributed by atoms with E-state index in [9.17, 15) is 4.79 Å². The van der Waals surface area contributed by atoms with E-state index in [2.05, 4.69) is 34.0 Å². The van der Waals surface area contributed by atoms with Crippen molar-refractivity contribution in [2.24, 2.45) is 0 Å². The van der Waals surface area contributed by atoms with Gasteiger partial charge in [-0.3, -0.25) is 9.69 Å². The Kier molecular flexibility index (Phi) is 4.62. The Morgan fingerprint density at radius 3 is 2.50 bits per heavy atom. The molecule has 0 aliphatic rings. The summed E-state index contributed by atoms with van der Waals surface area (Å²) in [5.74, 6) is 1.56. The van der Waals surface area contributed by atoms with Gasteiger partial charge in [-0.05, 0) is 38.6 Å². The van der Waals surface area contributed by atoms with Crippen molar-refractivity contribution in [2.45, 2.75) is 26.9 Å². The van der Waals surface area contributed by atoms with Gasteiger partial charge < -0.3 is 9.40 Å². The highest BCUT2D eigenvalue weighted by Crippen LogP contribution is 2.17. The Hall–Kier alpha value is -2.66. The Bertz CT molecular complexity index is 865. The lowest BCUT2D eigenvalue weighted by Crippen LogP contribution is -2.17. The Morgan fingerprint density at radius 1 is 1.12 bits per heavy atom. The molecule has 0 aliphatic heterocycles. The summed E-state index contributed by atoms with van der Waals surface area (Å²) >= 11 is 0. The van der Waals surface area contributed by atoms with Crippen molar-refractivity contribution in [2.75, 3.05) is 7.05 Å². The van der Waals surface area contributed by atoms with Crippen LogP contribution in [0.4, 0.5) is 0 Å². The number of aromatic amines is 1. The first-order valence-electron chi connectivity index (χ1n) is 7.90. The molecule has 0 spiro atoms. The zero-order chi connectivity index (χ0) is 17.1. The molecule has 5 heteroatoms. The molecule has 3 aromatic rings. The first-order valence-corrected chi connectivity index (χ1v) is 7.90. The minimum atomic E-state index is -0.0836. The highest BCUT2D eigenvalue weighted by atomic mass is 16.3. The number of nitrogens with zero attached hydrogens (tertiary/aromatic N) is 2. The van der Waals surface area contributed by atoms with Crippen molar-refractivity contribution in [3.05, 3.63) is 75.6 Å². The zero-order valence-electron chi connectivity index (χ0n) is 14.2. The molecule has 0 bridgehead atoms. The second-order valence-corrected chi connectivity index (χ2v) is 6.07. The maximum atomic E-state index is 11.9. The quantitative estimate of drug-likeness (QED) is 0.783. The third-order valence-corrected chi connectivity index (χ3v) is 4.08. The summed E-state index contributed by atoms with van der Waals surface area (Å²) in [6.07, 6.45) is 1.69. The van der Waals surface area contributed by atoms with Gasteiger partial charge in [0.25, 0.3) is 5.56 Å². The summed E-state index contributed by atoms with van der Waals surface area (Å²) in [5, 5.41) is 0. The lowest BCUT2D eigenvalue weighted by molar-refractivity contribution is 0.288. The van der Waals surface area contributed by atoms with E-state index >= 15 is 0 Å². The minimum absolute atomic E-state index is 0.0836. The van der Waals surface area contributed by atoms with Crippen molar-refractivity contribution in [1.82, 2.24) is 14.9 Å². The second kappa shape index (κ2) is 6.84. The van der Waals surface area contributed by atoms with Gasteiger partial charge in [0.15, 0.2) is 0 Å². The molecular formula is C19H21N3O2. The summed E-state index contributed by atoms with van der Waals surface area (Å²) in [4.78, 5) is 21.4. The number of furan rings is 1. The van der Waals surface area contributed by atoms with Gasteiger partial charge in [-0.2, -0.15) is 0 Å². The molecule has 0 radical (unpaired) electrons. The number of benzene rings is 1. The van der Waals surface area contributed by atoms with E-state index in [0.29, 0.717) is 11.4 Å². The fraction of sp³-hybridized carbons (Fsp3) is 0.263. The molecule has 0 fully saturated rings. The van der Waals surface area contributed by atoms with Crippen LogP contribution in [-0.2, 0) is 13.1 Å².